The number of benzene rings is 1. The molecule has 1 saturated heterocycles. The third kappa shape index (κ3) is 4.07. The smallest absolute Gasteiger partial charge is 0.253 e. The number of carbonyl (C=O) groups is 2. The number of hydrogen-bond donors (Lipinski definition) is 1. The molecule has 0 spiro atoms. The Kier molecular flexibility index (Phi) is 5.55. The lowest BCUT2D eigenvalue weighted by Crippen LogP contribution is -2.55. The fraction of sp³-hybridized carbons (Fsp3) is 0.529. The minimum atomic E-state index is -0.156. The van der Waals surface area contributed by atoms with Gasteiger partial charge < -0.3 is 10.2 Å². The largest absolute Gasteiger partial charge is 0.353 e. The zero-order valence-corrected chi connectivity index (χ0v) is 13.6. The molecule has 0 aromatic heterocycles. The molecule has 0 unspecified atom stereocenters. The number of carbonyl (C=O) groups excluding carboxylic acids is 2. The minimum absolute atomic E-state index is 0.0536. The van der Waals surface area contributed by atoms with Crippen molar-refractivity contribution in [2.75, 3.05) is 26.2 Å². The average molecular weight is 303 g/mol. The number of hydrogen-bond acceptors (Lipinski definition) is 3. The van der Waals surface area contributed by atoms with Crippen molar-refractivity contribution in [2.45, 2.75) is 32.9 Å². The number of amides is 2. The third-order valence-corrected chi connectivity index (χ3v) is 3.98. The van der Waals surface area contributed by atoms with Crippen LogP contribution in [0.2, 0.25) is 0 Å². The Morgan fingerprint density at radius 1 is 1.00 bits per heavy atom. The number of piperazine rings is 1. The van der Waals surface area contributed by atoms with Crippen molar-refractivity contribution >= 4 is 11.8 Å². The quantitative estimate of drug-likeness (QED) is 0.914. The zero-order valence-electron chi connectivity index (χ0n) is 13.6. The topological polar surface area (TPSA) is 52.7 Å². The van der Waals surface area contributed by atoms with Gasteiger partial charge in [0.15, 0.2) is 0 Å². The molecule has 1 aliphatic rings. The summed E-state index contributed by atoms with van der Waals surface area (Å²) in [5.74, 6) is 0.123. The number of nitrogens with zero attached hydrogens (tertiary/aromatic N) is 2. The molecule has 2 amide bonds. The zero-order chi connectivity index (χ0) is 16.1. The predicted octanol–water partition coefficient (Wildman–Crippen LogP) is 1.36. The Morgan fingerprint density at radius 2 is 1.59 bits per heavy atom. The van der Waals surface area contributed by atoms with E-state index in [9.17, 15) is 9.59 Å². The highest BCUT2D eigenvalue weighted by Crippen LogP contribution is 2.11. The maximum absolute atomic E-state index is 12.4. The average Bonchev–Trinajstić information content (AvgIpc) is 2.54. The van der Waals surface area contributed by atoms with Crippen LogP contribution in [0.1, 0.15) is 31.1 Å². The Bertz CT molecular complexity index is 508. The van der Waals surface area contributed by atoms with Gasteiger partial charge in [-0.15, -0.1) is 0 Å². The lowest BCUT2D eigenvalue weighted by Gasteiger charge is -2.37. The van der Waals surface area contributed by atoms with E-state index in [4.69, 9.17) is 0 Å². The van der Waals surface area contributed by atoms with Crippen LogP contribution in [-0.2, 0) is 4.79 Å². The van der Waals surface area contributed by atoms with Crippen molar-refractivity contribution in [3.63, 3.8) is 0 Å². The van der Waals surface area contributed by atoms with Gasteiger partial charge in [0.2, 0.25) is 5.91 Å². The molecule has 1 N–H and O–H groups in total. The van der Waals surface area contributed by atoms with Crippen LogP contribution in [0.25, 0.3) is 0 Å². The summed E-state index contributed by atoms with van der Waals surface area (Å²) in [6, 6.07) is 9.33. The summed E-state index contributed by atoms with van der Waals surface area (Å²) in [7, 11) is 0. The van der Waals surface area contributed by atoms with E-state index in [0.717, 1.165) is 18.7 Å². The monoisotopic (exact) mass is 303 g/mol. The molecule has 1 aliphatic heterocycles. The normalized spacial score (nSPS) is 17.4. The van der Waals surface area contributed by atoms with Gasteiger partial charge >= 0.3 is 0 Å². The van der Waals surface area contributed by atoms with E-state index >= 15 is 0 Å². The first-order valence-electron chi connectivity index (χ1n) is 7.88. The van der Waals surface area contributed by atoms with Gasteiger partial charge in [0.1, 0.15) is 0 Å². The lowest BCUT2D eigenvalue weighted by molar-refractivity contribution is -0.126. The first-order valence-corrected chi connectivity index (χ1v) is 7.88. The molecule has 120 valence electrons. The van der Waals surface area contributed by atoms with Crippen LogP contribution in [0, 0.1) is 0 Å². The standard InChI is InChI=1S/C17H25N3O2/c1-13(2)18-16(21)14(3)19-9-11-20(12-10-19)17(22)15-7-5-4-6-8-15/h4-8,13-14H,9-12H2,1-3H3,(H,18,21)/t14-/m1/s1. The van der Waals surface area contributed by atoms with Gasteiger partial charge in [-0.05, 0) is 32.9 Å². The third-order valence-electron chi connectivity index (χ3n) is 3.98. The molecule has 0 radical (unpaired) electrons. The summed E-state index contributed by atoms with van der Waals surface area (Å²) in [4.78, 5) is 28.4. The highest BCUT2D eigenvalue weighted by atomic mass is 16.2. The molecule has 0 bridgehead atoms. The van der Waals surface area contributed by atoms with E-state index in [1.54, 1.807) is 0 Å². The van der Waals surface area contributed by atoms with E-state index < -0.39 is 0 Å². The van der Waals surface area contributed by atoms with Crippen molar-refractivity contribution < 1.29 is 9.59 Å². The molecule has 0 saturated carbocycles. The molecule has 5 heteroatoms. The summed E-state index contributed by atoms with van der Waals surface area (Å²) in [6.45, 7) is 8.62. The van der Waals surface area contributed by atoms with Crippen LogP contribution in [0.4, 0.5) is 0 Å². The van der Waals surface area contributed by atoms with Gasteiger partial charge in [-0.1, -0.05) is 18.2 Å². The molecule has 1 fully saturated rings. The highest BCUT2D eigenvalue weighted by Gasteiger charge is 2.27. The van der Waals surface area contributed by atoms with Gasteiger partial charge in [0, 0.05) is 37.8 Å². The molecule has 1 heterocycles. The van der Waals surface area contributed by atoms with E-state index in [0.29, 0.717) is 13.1 Å². The first-order chi connectivity index (χ1) is 10.5. The van der Waals surface area contributed by atoms with E-state index in [2.05, 4.69) is 10.2 Å². The van der Waals surface area contributed by atoms with Crippen molar-refractivity contribution in [1.82, 2.24) is 15.1 Å². The minimum Gasteiger partial charge on any atom is -0.353 e. The SMILES string of the molecule is CC(C)NC(=O)[C@@H](C)N1CCN(C(=O)c2ccccc2)CC1. The number of nitrogens with one attached hydrogen (secondary N) is 1. The van der Waals surface area contributed by atoms with Gasteiger partial charge in [-0.25, -0.2) is 0 Å². The Labute approximate surface area is 132 Å². The van der Waals surface area contributed by atoms with Crippen molar-refractivity contribution in [1.29, 1.82) is 0 Å². The summed E-state index contributed by atoms with van der Waals surface area (Å²) in [5.41, 5.74) is 0.724. The maximum atomic E-state index is 12.4. The molecule has 0 aliphatic carbocycles. The van der Waals surface area contributed by atoms with Crippen LogP contribution in [0.15, 0.2) is 30.3 Å². The van der Waals surface area contributed by atoms with Crippen LogP contribution >= 0.6 is 0 Å². The van der Waals surface area contributed by atoms with Crippen LogP contribution in [0.5, 0.6) is 0 Å². The van der Waals surface area contributed by atoms with Crippen LogP contribution in [0.3, 0.4) is 0 Å². The number of rotatable bonds is 4. The molecular formula is C17H25N3O2. The molecular weight excluding hydrogens is 278 g/mol. The Morgan fingerprint density at radius 3 is 2.14 bits per heavy atom. The van der Waals surface area contributed by atoms with Crippen molar-refractivity contribution in [3.8, 4) is 0 Å². The summed E-state index contributed by atoms with van der Waals surface area (Å²) in [6.07, 6.45) is 0. The fourth-order valence-corrected chi connectivity index (χ4v) is 2.65. The van der Waals surface area contributed by atoms with Gasteiger partial charge in [0.25, 0.3) is 5.91 Å². The maximum Gasteiger partial charge on any atom is 0.253 e. The first kappa shape index (κ1) is 16.5. The molecule has 5 nitrogen and oxygen atoms in total. The molecule has 22 heavy (non-hydrogen) atoms. The highest BCUT2D eigenvalue weighted by molar-refractivity contribution is 5.94. The predicted molar refractivity (Wildman–Crippen MR) is 86.7 cm³/mol. The second kappa shape index (κ2) is 7.40. The molecule has 2 rings (SSSR count). The lowest BCUT2D eigenvalue weighted by atomic mass is 10.1. The molecule has 1 aromatic rings. The van der Waals surface area contributed by atoms with Crippen LogP contribution < -0.4 is 5.32 Å². The fourth-order valence-electron chi connectivity index (χ4n) is 2.65. The summed E-state index contributed by atoms with van der Waals surface area (Å²) in [5, 5.41) is 2.94. The molecule has 1 aromatic carbocycles. The van der Waals surface area contributed by atoms with Gasteiger partial charge in [-0.3, -0.25) is 14.5 Å². The van der Waals surface area contributed by atoms with E-state index in [-0.39, 0.29) is 23.9 Å². The van der Waals surface area contributed by atoms with Gasteiger partial charge in [-0.2, -0.15) is 0 Å². The van der Waals surface area contributed by atoms with Gasteiger partial charge in [0.05, 0.1) is 6.04 Å². The van der Waals surface area contributed by atoms with Crippen molar-refractivity contribution in [3.05, 3.63) is 35.9 Å². The summed E-state index contributed by atoms with van der Waals surface area (Å²) < 4.78 is 0. The van der Waals surface area contributed by atoms with E-state index in [1.165, 1.54) is 0 Å². The van der Waals surface area contributed by atoms with Crippen LogP contribution in [-0.4, -0.2) is 59.9 Å². The summed E-state index contributed by atoms with van der Waals surface area (Å²) >= 11 is 0. The Balaban J connectivity index is 1.88. The Hall–Kier alpha value is -1.88. The second-order valence-corrected chi connectivity index (χ2v) is 6.03. The second-order valence-electron chi connectivity index (χ2n) is 6.03. The van der Waals surface area contributed by atoms with Crippen molar-refractivity contribution in [2.24, 2.45) is 0 Å². The van der Waals surface area contributed by atoms with E-state index in [1.807, 2.05) is 56.0 Å². The molecule has 1 atom stereocenters.